The number of benzene rings is 2. The van der Waals surface area contributed by atoms with Crippen molar-refractivity contribution in [1.29, 1.82) is 0 Å². The lowest BCUT2D eigenvalue weighted by Crippen LogP contribution is -2.08. The smallest absolute Gasteiger partial charge is 0.337 e. The van der Waals surface area contributed by atoms with E-state index in [1.807, 2.05) is 0 Å². The van der Waals surface area contributed by atoms with E-state index in [-0.39, 0.29) is 5.39 Å². The average Bonchev–Trinajstić information content (AvgIpc) is 2.26. The summed E-state index contributed by atoms with van der Waals surface area (Å²) in [5, 5.41) is 9.65. The van der Waals surface area contributed by atoms with Gasteiger partial charge in [0, 0.05) is 5.39 Å². The fourth-order valence-corrected chi connectivity index (χ4v) is 2.59. The highest BCUT2D eigenvalue weighted by atomic mass is 32.2. The zero-order chi connectivity index (χ0) is 12.6. The highest BCUT2D eigenvalue weighted by molar-refractivity contribution is 7.86. The van der Waals surface area contributed by atoms with E-state index in [1.54, 1.807) is 18.2 Å². The van der Waals surface area contributed by atoms with Crippen molar-refractivity contribution < 1.29 is 22.9 Å². The normalized spacial score (nSPS) is 11.6. The van der Waals surface area contributed by atoms with Crippen molar-refractivity contribution >= 4 is 26.9 Å². The number of carbonyl (C=O) groups is 1. The highest BCUT2D eigenvalue weighted by Crippen LogP contribution is 2.26. The Labute approximate surface area is 97.1 Å². The predicted molar refractivity (Wildman–Crippen MR) is 60.7 cm³/mol. The summed E-state index contributed by atoms with van der Waals surface area (Å²) in [5.41, 5.74) is -0.439. The van der Waals surface area contributed by atoms with Gasteiger partial charge in [0.2, 0.25) is 0 Å². The molecule has 0 aliphatic heterocycles. The van der Waals surface area contributed by atoms with Gasteiger partial charge >= 0.3 is 5.97 Å². The van der Waals surface area contributed by atoms with Crippen molar-refractivity contribution in [1.82, 2.24) is 0 Å². The molecule has 0 atom stereocenters. The van der Waals surface area contributed by atoms with Crippen LogP contribution in [0, 0.1) is 0 Å². The first kappa shape index (κ1) is 11.6. The molecule has 0 spiro atoms. The SMILES string of the molecule is O=C(O)c1ccc2ccccc2c1S(=O)(=O)O. The van der Waals surface area contributed by atoms with Crippen LogP contribution in [0.4, 0.5) is 0 Å². The van der Waals surface area contributed by atoms with Crippen molar-refractivity contribution in [3.63, 3.8) is 0 Å². The number of carboxylic acid groups (broad SMARTS) is 1. The molecule has 0 aliphatic rings. The third-order valence-corrected chi connectivity index (χ3v) is 3.32. The van der Waals surface area contributed by atoms with Crippen LogP contribution in [0.2, 0.25) is 0 Å². The van der Waals surface area contributed by atoms with E-state index in [2.05, 4.69) is 0 Å². The van der Waals surface area contributed by atoms with Gasteiger partial charge in [0.05, 0.1) is 5.56 Å². The van der Waals surface area contributed by atoms with Crippen molar-refractivity contribution in [2.45, 2.75) is 4.90 Å². The van der Waals surface area contributed by atoms with Crippen LogP contribution < -0.4 is 0 Å². The lowest BCUT2D eigenvalue weighted by Gasteiger charge is -2.07. The molecule has 2 aromatic carbocycles. The van der Waals surface area contributed by atoms with Gasteiger partial charge < -0.3 is 5.11 Å². The molecular formula is C11H8O5S. The van der Waals surface area contributed by atoms with E-state index < -0.39 is 26.5 Å². The number of aromatic carboxylic acids is 1. The van der Waals surface area contributed by atoms with Gasteiger partial charge in [-0.15, -0.1) is 0 Å². The van der Waals surface area contributed by atoms with Gasteiger partial charge in [-0.1, -0.05) is 30.3 Å². The molecule has 0 saturated heterocycles. The maximum absolute atomic E-state index is 11.3. The molecular weight excluding hydrogens is 244 g/mol. The average molecular weight is 252 g/mol. The van der Waals surface area contributed by atoms with Gasteiger partial charge in [0.1, 0.15) is 4.90 Å². The molecule has 0 heterocycles. The fraction of sp³-hybridized carbons (Fsp3) is 0. The molecule has 0 aliphatic carbocycles. The molecule has 5 nitrogen and oxygen atoms in total. The van der Waals surface area contributed by atoms with Crippen LogP contribution in [0.25, 0.3) is 10.8 Å². The summed E-state index contributed by atoms with van der Waals surface area (Å²) >= 11 is 0. The van der Waals surface area contributed by atoms with Gasteiger partial charge in [0.25, 0.3) is 10.1 Å². The third-order valence-electron chi connectivity index (χ3n) is 2.37. The number of rotatable bonds is 2. The Hall–Kier alpha value is -1.92. The first-order chi connectivity index (χ1) is 7.91. The van der Waals surface area contributed by atoms with E-state index in [4.69, 9.17) is 9.66 Å². The molecule has 0 aromatic heterocycles. The number of hydrogen-bond acceptors (Lipinski definition) is 3. The van der Waals surface area contributed by atoms with Gasteiger partial charge in [0.15, 0.2) is 0 Å². The molecule has 0 saturated carbocycles. The molecule has 0 bridgehead atoms. The number of fused-ring (bicyclic) bond motifs is 1. The maximum Gasteiger partial charge on any atom is 0.337 e. The Morgan fingerprint density at radius 1 is 1.06 bits per heavy atom. The minimum Gasteiger partial charge on any atom is -0.478 e. The van der Waals surface area contributed by atoms with Gasteiger partial charge in [-0.2, -0.15) is 8.42 Å². The summed E-state index contributed by atoms with van der Waals surface area (Å²) in [6, 6.07) is 9.00. The van der Waals surface area contributed by atoms with Crippen molar-refractivity contribution in [2.75, 3.05) is 0 Å². The molecule has 0 amide bonds. The largest absolute Gasteiger partial charge is 0.478 e. The Morgan fingerprint density at radius 2 is 1.71 bits per heavy atom. The quantitative estimate of drug-likeness (QED) is 0.795. The standard InChI is InChI=1S/C11H8O5S/c12-11(13)9-6-5-7-3-1-2-4-8(7)10(9)17(14,15)16/h1-6H,(H,12,13)(H,14,15,16). The predicted octanol–water partition coefficient (Wildman–Crippen LogP) is 1.78. The van der Waals surface area contributed by atoms with Crippen molar-refractivity contribution in [3.05, 3.63) is 42.0 Å². The van der Waals surface area contributed by atoms with Crippen LogP contribution in [-0.4, -0.2) is 24.0 Å². The molecule has 0 radical (unpaired) electrons. The van der Waals surface area contributed by atoms with Crippen molar-refractivity contribution in [3.8, 4) is 0 Å². The zero-order valence-electron chi connectivity index (χ0n) is 8.49. The molecule has 0 fully saturated rings. The van der Waals surface area contributed by atoms with Gasteiger partial charge in [-0.05, 0) is 11.5 Å². The number of hydrogen-bond donors (Lipinski definition) is 2. The Balaban J connectivity index is 3.00. The Bertz CT molecular complexity index is 703. The maximum atomic E-state index is 11.3. The minimum atomic E-state index is -4.59. The van der Waals surface area contributed by atoms with Crippen LogP contribution in [-0.2, 0) is 10.1 Å². The van der Waals surface area contributed by atoms with E-state index in [9.17, 15) is 13.2 Å². The molecule has 0 unspecified atom stereocenters. The summed E-state index contributed by atoms with van der Waals surface area (Å²) in [6.45, 7) is 0. The highest BCUT2D eigenvalue weighted by Gasteiger charge is 2.22. The topological polar surface area (TPSA) is 91.7 Å². The van der Waals surface area contributed by atoms with E-state index in [0.29, 0.717) is 5.39 Å². The second kappa shape index (κ2) is 3.83. The lowest BCUT2D eigenvalue weighted by atomic mass is 10.1. The zero-order valence-corrected chi connectivity index (χ0v) is 9.31. The second-order valence-corrected chi connectivity index (χ2v) is 4.80. The monoisotopic (exact) mass is 252 g/mol. The summed E-state index contributed by atoms with van der Waals surface area (Å²) < 4.78 is 31.7. The van der Waals surface area contributed by atoms with Crippen LogP contribution >= 0.6 is 0 Å². The van der Waals surface area contributed by atoms with Crippen LogP contribution in [0.1, 0.15) is 10.4 Å². The first-order valence-electron chi connectivity index (χ1n) is 4.64. The molecule has 6 heteroatoms. The minimum absolute atomic E-state index is 0.190. The van der Waals surface area contributed by atoms with Crippen molar-refractivity contribution in [2.24, 2.45) is 0 Å². The van der Waals surface area contributed by atoms with Gasteiger partial charge in [-0.3, -0.25) is 4.55 Å². The number of carboxylic acids is 1. The lowest BCUT2D eigenvalue weighted by molar-refractivity contribution is 0.0692. The van der Waals surface area contributed by atoms with E-state index in [0.717, 1.165) is 6.07 Å². The molecule has 17 heavy (non-hydrogen) atoms. The third kappa shape index (κ3) is 2.00. The Morgan fingerprint density at radius 3 is 2.29 bits per heavy atom. The molecule has 2 N–H and O–H groups in total. The molecule has 88 valence electrons. The van der Waals surface area contributed by atoms with Crippen LogP contribution in [0.15, 0.2) is 41.3 Å². The molecule has 2 rings (SSSR count). The Kier molecular flexibility index (Phi) is 2.60. The molecule has 2 aromatic rings. The van der Waals surface area contributed by atoms with E-state index >= 15 is 0 Å². The first-order valence-corrected chi connectivity index (χ1v) is 6.08. The summed E-state index contributed by atoms with van der Waals surface area (Å²) in [5.74, 6) is -1.40. The van der Waals surface area contributed by atoms with E-state index in [1.165, 1.54) is 12.1 Å². The summed E-state index contributed by atoms with van der Waals surface area (Å²) in [7, 11) is -4.59. The fourth-order valence-electron chi connectivity index (χ4n) is 1.69. The second-order valence-electron chi connectivity index (χ2n) is 3.44. The van der Waals surface area contributed by atoms with Gasteiger partial charge in [-0.25, -0.2) is 4.79 Å². The summed E-state index contributed by atoms with van der Waals surface area (Å²) in [4.78, 5) is 10.4. The van der Waals surface area contributed by atoms with Crippen LogP contribution in [0.5, 0.6) is 0 Å². The van der Waals surface area contributed by atoms with Crippen LogP contribution in [0.3, 0.4) is 0 Å². The summed E-state index contributed by atoms with van der Waals surface area (Å²) in [6.07, 6.45) is 0.